The topological polar surface area (TPSA) is 113 Å². The molecule has 0 atom stereocenters. The van der Waals surface area contributed by atoms with Gasteiger partial charge in [-0.25, -0.2) is 5.43 Å². The number of rotatable bonds is 9. The van der Waals surface area contributed by atoms with Crippen molar-refractivity contribution < 1.29 is 15.0 Å². The molecule has 0 unspecified atom stereocenters. The van der Waals surface area contributed by atoms with Crippen LogP contribution in [0.1, 0.15) is 47.7 Å². The fraction of sp³-hybridized carbons (Fsp3) is 0.280. The predicted octanol–water partition coefficient (Wildman–Crippen LogP) is 1.39. The van der Waals surface area contributed by atoms with Gasteiger partial charge in [0.2, 0.25) is 5.70 Å². The fourth-order valence-electron chi connectivity index (χ4n) is 3.03. The Morgan fingerprint density at radius 2 is 1.97 bits per heavy atom. The highest BCUT2D eigenvalue weighted by Gasteiger charge is 2.26. The minimum atomic E-state index is -0.211. The Bertz CT molecular complexity index is 1030. The summed E-state index contributed by atoms with van der Waals surface area (Å²) in [6, 6.07) is 15.7. The monoisotopic (exact) mass is 432 g/mol. The maximum Gasteiger partial charge on any atom is 0.308 e. The number of carbonyl (C=O) groups is 2. The number of nitrogens with one attached hydrogen (secondary N) is 3. The van der Waals surface area contributed by atoms with E-state index >= 15 is 0 Å². The Balaban J connectivity index is 1.77. The lowest BCUT2D eigenvalue weighted by Gasteiger charge is -2.09. The molecule has 0 spiro atoms. The third-order valence-corrected chi connectivity index (χ3v) is 4.96. The highest BCUT2D eigenvalue weighted by Crippen LogP contribution is 2.19. The van der Waals surface area contributed by atoms with Crippen LogP contribution in [0.5, 0.6) is 0 Å². The number of amides is 2. The summed E-state index contributed by atoms with van der Waals surface area (Å²) in [5, 5.41) is 8.84. The van der Waals surface area contributed by atoms with Crippen molar-refractivity contribution in [2.24, 2.45) is 5.84 Å². The van der Waals surface area contributed by atoms with Gasteiger partial charge in [-0.1, -0.05) is 42.2 Å². The maximum absolute atomic E-state index is 12.3. The molecule has 1 aliphatic rings. The molecular weight excluding hydrogens is 402 g/mol. The fourth-order valence-corrected chi connectivity index (χ4v) is 3.03. The second-order valence-electron chi connectivity index (χ2n) is 7.57. The minimum Gasteiger partial charge on any atom is -0.355 e. The Kier molecular flexibility index (Phi) is 8.44. The molecule has 32 heavy (non-hydrogen) atoms. The number of aryl methyl sites for hydroxylation is 1. The van der Waals surface area contributed by atoms with Crippen molar-refractivity contribution in [3.8, 4) is 11.8 Å². The molecule has 2 aromatic rings. The van der Waals surface area contributed by atoms with E-state index in [1.165, 1.54) is 11.0 Å². The molecule has 7 nitrogen and oxygen atoms in total. The first-order chi connectivity index (χ1) is 15.6. The lowest BCUT2D eigenvalue weighted by atomic mass is 10.1. The van der Waals surface area contributed by atoms with Crippen molar-refractivity contribution >= 4 is 17.5 Å². The van der Waals surface area contributed by atoms with Gasteiger partial charge in [-0.2, -0.15) is 5.84 Å². The smallest absolute Gasteiger partial charge is 0.308 e. The largest absolute Gasteiger partial charge is 0.355 e. The van der Waals surface area contributed by atoms with Crippen LogP contribution >= 0.6 is 0 Å². The van der Waals surface area contributed by atoms with Gasteiger partial charge in [-0.15, -0.1) is 0 Å². The Morgan fingerprint density at radius 3 is 2.66 bits per heavy atom. The third kappa shape index (κ3) is 6.98. The maximum atomic E-state index is 12.3. The van der Waals surface area contributed by atoms with Crippen LogP contribution in [0.4, 0.5) is 5.69 Å². The number of hydrogen-bond acceptors (Lipinski definition) is 4. The highest BCUT2D eigenvalue weighted by atomic mass is 16.2. The number of hydrogen-bond donors (Lipinski definition) is 5. The number of carbonyl (C=O) groups excluding carboxylic acids is 2. The second kappa shape index (κ2) is 11.7. The third-order valence-electron chi connectivity index (χ3n) is 4.96. The first-order valence-corrected chi connectivity index (χ1v) is 10.9. The number of benzene rings is 2. The summed E-state index contributed by atoms with van der Waals surface area (Å²) in [7, 11) is 0. The molecule has 0 aliphatic heterocycles. The quantitative estimate of drug-likeness (QED) is 0.178. The van der Waals surface area contributed by atoms with Crippen molar-refractivity contribution in [3.63, 3.8) is 0 Å². The van der Waals surface area contributed by atoms with E-state index in [1.807, 2.05) is 25.1 Å². The van der Waals surface area contributed by atoms with Gasteiger partial charge in [-0.3, -0.25) is 9.59 Å². The summed E-state index contributed by atoms with van der Waals surface area (Å²) in [5.74, 6) is 11.6. The van der Waals surface area contributed by atoms with Crippen LogP contribution < -0.4 is 27.2 Å². The van der Waals surface area contributed by atoms with Crippen molar-refractivity contribution in [1.82, 2.24) is 10.6 Å². The number of nitrogens with two attached hydrogens (primary N) is 2. The molecule has 1 aliphatic carbocycles. The van der Waals surface area contributed by atoms with Gasteiger partial charge in [0.15, 0.2) is 0 Å². The number of anilines is 1. The lowest BCUT2D eigenvalue weighted by Crippen LogP contribution is -2.91. The zero-order chi connectivity index (χ0) is 22.8. The first kappa shape index (κ1) is 23.1. The molecule has 7 heteroatoms. The van der Waals surface area contributed by atoms with Crippen LogP contribution in [0, 0.1) is 11.8 Å². The molecule has 2 amide bonds. The molecule has 3 rings (SSSR count). The lowest BCUT2D eigenvalue weighted by molar-refractivity contribution is -0.613. The summed E-state index contributed by atoms with van der Waals surface area (Å²) in [5.41, 5.74) is 4.75. The van der Waals surface area contributed by atoms with Gasteiger partial charge in [-0.05, 0) is 49.9 Å². The van der Waals surface area contributed by atoms with E-state index in [1.54, 1.807) is 24.4 Å². The molecule has 166 valence electrons. The molecule has 0 radical (unpaired) electrons. The van der Waals surface area contributed by atoms with Crippen molar-refractivity contribution in [2.45, 2.75) is 38.6 Å². The molecule has 2 aromatic carbocycles. The first-order valence-electron chi connectivity index (χ1n) is 10.9. The minimum absolute atomic E-state index is 0.151. The van der Waals surface area contributed by atoms with E-state index in [0.717, 1.165) is 19.3 Å². The van der Waals surface area contributed by atoms with E-state index in [0.29, 0.717) is 35.5 Å². The van der Waals surface area contributed by atoms with Crippen molar-refractivity contribution in [1.29, 1.82) is 0 Å². The SMILES string of the molecule is CCNC(=O)c1ccc(N/C=C(\[NH2+]N)C(=O)NC2CC2)c(C#CCCc2ccccc2)c1. The predicted molar refractivity (Wildman–Crippen MR) is 125 cm³/mol. The molecule has 0 saturated heterocycles. The van der Waals surface area contributed by atoms with Gasteiger partial charge in [0.05, 0.1) is 11.9 Å². The average Bonchev–Trinajstić information content (AvgIpc) is 3.62. The van der Waals surface area contributed by atoms with Gasteiger partial charge >= 0.3 is 5.91 Å². The normalized spacial score (nSPS) is 13.0. The summed E-state index contributed by atoms with van der Waals surface area (Å²) < 4.78 is 0. The summed E-state index contributed by atoms with van der Waals surface area (Å²) in [4.78, 5) is 24.5. The van der Waals surface area contributed by atoms with Gasteiger partial charge in [0.25, 0.3) is 5.91 Å². The summed E-state index contributed by atoms with van der Waals surface area (Å²) in [6.45, 7) is 2.42. The Morgan fingerprint density at radius 1 is 1.19 bits per heavy atom. The van der Waals surface area contributed by atoms with Crippen LogP contribution in [0.3, 0.4) is 0 Å². The van der Waals surface area contributed by atoms with E-state index in [-0.39, 0.29) is 17.9 Å². The molecule has 0 heterocycles. The van der Waals surface area contributed by atoms with E-state index in [2.05, 4.69) is 39.9 Å². The van der Waals surface area contributed by atoms with Crippen LogP contribution in [0.15, 0.2) is 60.4 Å². The van der Waals surface area contributed by atoms with E-state index in [9.17, 15) is 9.59 Å². The van der Waals surface area contributed by atoms with Gasteiger partial charge < -0.3 is 16.0 Å². The Hall–Kier alpha value is -3.60. The van der Waals surface area contributed by atoms with Crippen molar-refractivity contribution in [2.75, 3.05) is 11.9 Å². The van der Waals surface area contributed by atoms with Gasteiger partial charge in [0, 0.05) is 30.1 Å². The van der Waals surface area contributed by atoms with E-state index < -0.39 is 0 Å². The molecule has 0 bridgehead atoms. The van der Waals surface area contributed by atoms with Gasteiger partial charge in [0.1, 0.15) is 0 Å². The van der Waals surface area contributed by atoms with Crippen LogP contribution in [-0.2, 0) is 11.2 Å². The van der Waals surface area contributed by atoms with Crippen molar-refractivity contribution in [3.05, 3.63) is 77.1 Å². The molecule has 1 fully saturated rings. The average molecular weight is 433 g/mol. The van der Waals surface area contributed by atoms with Crippen LogP contribution in [-0.4, -0.2) is 24.4 Å². The zero-order valence-electron chi connectivity index (χ0n) is 18.3. The molecular formula is C25H30N5O2+. The second-order valence-corrected chi connectivity index (χ2v) is 7.57. The highest BCUT2D eigenvalue weighted by molar-refractivity contribution is 5.95. The summed E-state index contributed by atoms with van der Waals surface area (Å²) >= 11 is 0. The van der Waals surface area contributed by atoms with E-state index in [4.69, 9.17) is 5.84 Å². The molecule has 0 aromatic heterocycles. The molecule has 1 saturated carbocycles. The van der Waals surface area contributed by atoms with Crippen LogP contribution in [0.2, 0.25) is 0 Å². The standard InChI is InChI=1S/C25H29N5O2/c1-2-27-24(31)20-12-15-22(28-17-23(30-26)25(32)29-21-13-14-21)19(16-20)11-7-6-10-18-8-4-3-5-9-18/h3-5,8-9,12,15-17,21,28,30H,2,6,10,13-14,26H2,1H3,(H,27,31)(H,29,32)/p+1/b23-17-. The Labute approximate surface area is 188 Å². The molecule has 7 N–H and O–H groups in total. The summed E-state index contributed by atoms with van der Waals surface area (Å²) in [6.07, 6.45) is 5.10. The zero-order valence-corrected chi connectivity index (χ0v) is 18.3. The van der Waals surface area contributed by atoms with Crippen LogP contribution in [0.25, 0.3) is 0 Å². The number of quaternary nitrogens is 1.